The van der Waals surface area contributed by atoms with E-state index in [1.165, 1.54) is 0 Å². The molecule has 0 radical (unpaired) electrons. The van der Waals surface area contributed by atoms with E-state index in [4.69, 9.17) is 0 Å². The van der Waals surface area contributed by atoms with E-state index < -0.39 is 0 Å². The van der Waals surface area contributed by atoms with Gasteiger partial charge in [0.15, 0.2) is 0 Å². The minimum absolute atomic E-state index is 0. The first-order valence-corrected chi connectivity index (χ1v) is 8.57. The summed E-state index contributed by atoms with van der Waals surface area (Å²) < 4.78 is 0. The zero-order valence-electron chi connectivity index (χ0n) is 13.8. The summed E-state index contributed by atoms with van der Waals surface area (Å²) in [6, 6.07) is 3.94. The minimum Gasteiger partial charge on any atom is -0.350 e. The summed E-state index contributed by atoms with van der Waals surface area (Å²) in [5, 5.41) is 8.11. The van der Waals surface area contributed by atoms with E-state index in [9.17, 15) is 9.59 Å². The highest BCUT2D eigenvalue weighted by Gasteiger charge is 2.19. The predicted octanol–water partition coefficient (Wildman–Crippen LogP) is 0.962. The van der Waals surface area contributed by atoms with Gasteiger partial charge < -0.3 is 15.5 Å². The lowest BCUT2D eigenvalue weighted by molar-refractivity contribution is -0.136. The maximum atomic E-state index is 12.3. The van der Waals surface area contributed by atoms with Crippen LogP contribution in [0.2, 0.25) is 0 Å². The van der Waals surface area contributed by atoms with E-state index in [0.29, 0.717) is 19.6 Å². The van der Waals surface area contributed by atoms with E-state index in [1.54, 1.807) is 16.2 Å². The fraction of sp³-hybridized carbons (Fsp3) is 0.600. The third-order valence-electron chi connectivity index (χ3n) is 3.68. The number of thiophene rings is 1. The van der Waals surface area contributed by atoms with Crippen molar-refractivity contribution >= 4 is 48.0 Å². The summed E-state index contributed by atoms with van der Waals surface area (Å²) in [6.07, 6.45) is 0. The summed E-state index contributed by atoms with van der Waals surface area (Å²) >= 11 is 1.61. The first-order chi connectivity index (χ1) is 10.7. The van der Waals surface area contributed by atoms with Crippen molar-refractivity contribution in [2.24, 2.45) is 0 Å². The summed E-state index contributed by atoms with van der Waals surface area (Å²) in [5.74, 6) is -0.0837. The average molecular weight is 397 g/mol. The molecular formula is C15H26Cl2N4O2S. The molecular weight excluding hydrogens is 371 g/mol. The second-order valence-electron chi connectivity index (χ2n) is 5.29. The van der Waals surface area contributed by atoms with E-state index in [1.807, 2.05) is 24.4 Å². The molecule has 24 heavy (non-hydrogen) atoms. The molecule has 0 aromatic carbocycles. The Hall–Kier alpha value is -0.860. The molecule has 2 N–H and O–H groups in total. The van der Waals surface area contributed by atoms with Gasteiger partial charge in [-0.25, -0.2) is 0 Å². The fourth-order valence-electron chi connectivity index (χ4n) is 2.36. The second kappa shape index (κ2) is 12.5. The molecule has 9 heteroatoms. The molecule has 0 bridgehead atoms. The van der Waals surface area contributed by atoms with Gasteiger partial charge in [0.25, 0.3) is 0 Å². The highest BCUT2D eigenvalue weighted by molar-refractivity contribution is 7.09. The van der Waals surface area contributed by atoms with Crippen LogP contribution in [0.15, 0.2) is 17.5 Å². The van der Waals surface area contributed by atoms with Crippen LogP contribution in [-0.2, 0) is 16.1 Å². The molecule has 0 saturated carbocycles. The molecule has 1 aromatic rings. The topological polar surface area (TPSA) is 64.7 Å². The summed E-state index contributed by atoms with van der Waals surface area (Å²) in [7, 11) is 0. The van der Waals surface area contributed by atoms with Crippen LogP contribution in [0, 0.1) is 0 Å². The van der Waals surface area contributed by atoms with Gasteiger partial charge in [-0.3, -0.25) is 14.5 Å². The Bertz CT molecular complexity index is 482. The predicted molar refractivity (Wildman–Crippen MR) is 102 cm³/mol. The quantitative estimate of drug-likeness (QED) is 0.720. The third kappa shape index (κ3) is 7.81. The number of halogens is 2. The lowest BCUT2D eigenvalue weighted by atomic mass is 10.3. The van der Waals surface area contributed by atoms with Crippen molar-refractivity contribution in [2.45, 2.75) is 13.5 Å². The van der Waals surface area contributed by atoms with Gasteiger partial charge in [0.2, 0.25) is 11.8 Å². The van der Waals surface area contributed by atoms with E-state index in [0.717, 1.165) is 31.1 Å². The summed E-state index contributed by atoms with van der Waals surface area (Å²) in [6.45, 7) is 7.11. The highest BCUT2D eigenvalue weighted by atomic mass is 35.5. The monoisotopic (exact) mass is 396 g/mol. The molecule has 0 atom stereocenters. The molecule has 6 nitrogen and oxygen atoms in total. The standard InChI is InChI=1S/C15H24N4O2S.2ClH/c1-2-19(15(21)12-18-7-5-16-6-8-18)11-14(20)17-10-13-4-3-9-22-13;;/h3-4,9,16H,2,5-8,10-12H2,1H3,(H,17,20);2*1H. The Morgan fingerprint density at radius 1 is 1.33 bits per heavy atom. The number of likely N-dealkylation sites (N-methyl/N-ethyl adjacent to an activating group) is 1. The van der Waals surface area contributed by atoms with Gasteiger partial charge in [-0.15, -0.1) is 36.2 Å². The lowest BCUT2D eigenvalue weighted by Crippen LogP contribution is -2.49. The summed E-state index contributed by atoms with van der Waals surface area (Å²) in [4.78, 5) is 29.1. The molecule has 1 aliphatic rings. The van der Waals surface area contributed by atoms with Gasteiger partial charge in [-0.1, -0.05) is 6.07 Å². The minimum atomic E-state index is -0.107. The van der Waals surface area contributed by atoms with Crippen molar-refractivity contribution in [1.29, 1.82) is 0 Å². The number of amides is 2. The number of carbonyl (C=O) groups is 2. The maximum Gasteiger partial charge on any atom is 0.239 e. The van der Waals surface area contributed by atoms with Crippen molar-refractivity contribution < 1.29 is 9.59 Å². The van der Waals surface area contributed by atoms with Gasteiger partial charge in [0.1, 0.15) is 0 Å². The number of rotatable bonds is 7. The number of hydrogen-bond donors (Lipinski definition) is 2. The maximum absolute atomic E-state index is 12.3. The van der Waals surface area contributed by atoms with E-state index in [-0.39, 0.29) is 43.2 Å². The Kier molecular flexibility index (Phi) is 12.0. The molecule has 1 fully saturated rings. The van der Waals surface area contributed by atoms with Crippen LogP contribution < -0.4 is 10.6 Å². The number of carbonyl (C=O) groups excluding carboxylic acids is 2. The van der Waals surface area contributed by atoms with Crippen molar-refractivity contribution in [2.75, 3.05) is 45.8 Å². The lowest BCUT2D eigenvalue weighted by Gasteiger charge is -2.29. The molecule has 2 heterocycles. The first-order valence-electron chi connectivity index (χ1n) is 7.69. The zero-order valence-corrected chi connectivity index (χ0v) is 16.3. The van der Waals surface area contributed by atoms with Crippen molar-refractivity contribution in [3.8, 4) is 0 Å². The second-order valence-corrected chi connectivity index (χ2v) is 6.32. The van der Waals surface area contributed by atoms with Crippen LogP contribution in [-0.4, -0.2) is 67.4 Å². The molecule has 1 aromatic heterocycles. The number of hydrogen-bond acceptors (Lipinski definition) is 5. The summed E-state index contributed by atoms with van der Waals surface area (Å²) in [5.41, 5.74) is 0. The van der Waals surface area contributed by atoms with Crippen LogP contribution in [0.1, 0.15) is 11.8 Å². The first kappa shape index (κ1) is 23.1. The smallest absolute Gasteiger partial charge is 0.239 e. The fourth-order valence-corrected chi connectivity index (χ4v) is 3.01. The molecule has 0 aliphatic carbocycles. The largest absolute Gasteiger partial charge is 0.350 e. The molecule has 1 saturated heterocycles. The van der Waals surface area contributed by atoms with Gasteiger partial charge >= 0.3 is 0 Å². The van der Waals surface area contributed by atoms with Crippen LogP contribution >= 0.6 is 36.2 Å². The van der Waals surface area contributed by atoms with Gasteiger partial charge in [0.05, 0.1) is 19.6 Å². The number of nitrogens with zero attached hydrogens (tertiary/aromatic N) is 2. The normalized spacial score (nSPS) is 14.2. The zero-order chi connectivity index (χ0) is 15.8. The van der Waals surface area contributed by atoms with Crippen LogP contribution in [0.25, 0.3) is 0 Å². The van der Waals surface area contributed by atoms with Crippen molar-refractivity contribution in [3.63, 3.8) is 0 Å². The Labute approximate surface area is 159 Å². The van der Waals surface area contributed by atoms with Crippen molar-refractivity contribution in [3.05, 3.63) is 22.4 Å². The third-order valence-corrected chi connectivity index (χ3v) is 4.55. The van der Waals surface area contributed by atoms with Crippen molar-refractivity contribution in [1.82, 2.24) is 20.4 Å². The molecule has 0 spiro atoms. The van der Waals surface area contributed by atoms with Gasteiger partial charge in [-0.05, 0) is 18.4 Å². The SMILES string of the molecule is CCN(CC(=O)NCc1cccs1)C(=O)CN1CCNCC1.Cl.Cl. The number of nitrogens with one attached hydrogen (secondary N) is 2. The van der Waals surface area contributed by atoms with Crippen LogP contribution in [0.3, 0.4) is 0 Å². The number of piperazine rings is 1. The van der Waals surface area contributed by atoms with Crippen LogP contribution in [0.5, 0.6) is 0 Å². The molecule has 2 amide bonds. The van der Waals surface area contributed by atoms with Crippen LogP contribution in [0.4, 0.5) is 0 Å². The average Bonchev–Trinajstić information content (AvgIpc) is 3.05. The Morgan fingerprint density at radius 2 is 2.04 bits per heavy atom. The molecule has 0 unspecified atom stereocenters. The van der Waals surface area contributed by atoms with Gasteiger partial charge in [-0.2, -0.15) is 0 Å². The molecule has 138 valence electrons. The van der Waals surface area contributed by atoms with E-state index in [2.05, 4.69) is 15.5 Å². The highest BCUT2D eigenvalue weighted by Crippen LogP contribution is 2.07. The molecule has 1 aliphatic heterocycles. The van der Waals surface area contributed by atoms with E-state index >= 15 is 0 Å². The molecule has 2 rings (SSSR count). The Morgan fingerprint density at radius 3 is 2.62 bits per heavy atom. The Balaban J connectivity index is 0.00000264. The van der Waals surface area contributed by atoms with Gasteiger partial charge in [0, 0.05) is 37.6 Å².